The fraction of sp³-hybridized carbons (Fsp3) is 0.524. The Balaban J connectivity index is 0.00000280. The third kappa shape index (κ3) is 5.94. The van der Waals surface area contributed by atoms with E-state index in [2.05, 4.69) is 51.8 Å². The standard InChI is InChI=1S/C21H30N4O2.HI/c1-14-7-9-17(10-8-14)20-18(6-5-11-26-20)12-23-21(22-4)24-13-19-25-15(2)16(3)27-19;/h7-10,18,20H,5-6,11-13H2,1-4H3,(H2,22,23,24);1H. The van der Waals surface area contributed by atoms with Gasteiger partial charge in [0.25, 0.3) is 0 Å². The maximum absolute atomic E-state index is 6.10. The molecule has 0 bridgehead atoms. The minimum absolute atomic E-state index is 0. The number of rotatable bonds is 5. The van der Waals surface area contributed by atoms with Gasteiger partial charge in [-0.15, -0.1) is 24.0 Å². The number of benzene rings is 1. The highest BCUT2D eigenvalue weighted by Crippen LogP contribution is 2.33. The molecule has 1 saturated heterocycles. The van der Waals surface area contributed by atoms with Gasteiger partial charge in [-0.05, 0) is 39.2 Å². The number of nitrogens with zero attached hydrogens (tertiary/aromatic N) is 2. The first-order chi connectivity index (χ1) is 13.1. The van der Waals surface area contributed by atoms with Crippen molar-refractivity contribution in [2.45, 2.75) is 46.3 Å². The van der Waals surface area contributed by atoms with Crippen LogP contribution in [0.4, 0.5) is 0 Å². The molecule has 0 saturated carbocycles. The maximum atomic E-state index is 6.10. The van der Waals surface area contributed by atoms with E-state index in [1.54, 1.807) is 7.05 Å². The van der Waals surface area contributed by atoms with Crippen LogP contribution < -0.4 is 10.6 Å². The summed E-state index contributed by atoms with van der Waals surface area (Å²) in [4.78, 5) is 8.70. The number of oxazole rings is 1. The van der Waals surface area contributed by atoms with Crippen LogP contribution in [0.1, 0.15) is 47.4 Å². The number of hydrogen-bond acceptors (Lipinski definition) is 4. The third-order valence-electron chi connectivity index (χ3n) is 5.09. The molecular weight excluding hydrogens is 467 g/mol. The average molecular weight is 498 g/mol. The van der Waals surface area contributed by atoms with E-state index in [0.717, 1.165) is 43.4 Å². The molecule has 2 N–H and O–H groups in total. The van der Waals surface area contributed by atoms with E-state index in [0.29, 0.717) is 18.4 Å². The number of nitrogens with one attached hydrogen (secondary N) is 2. The van der Waals surface area contributed by atoms with Crippen molar-refractivity contribution >= 4 is 29.9 Å². The van der Waals surface area contributed by atoms with Crippen molar-refractivity contribution < 1.29 is 9.15 Å². The van der Waals surface area contributed by atoms with Gasteiger partial charge in [0, 0.05) is 26.1 Å². The fourth-order valence-corrected chi connectivity index (χ4v) is 3.40. The quantitative estimate of drug-likeness (QED) is 0.370. The summed E-state index contributed by atoms with van der Waals surface area (Å²) in [5, 5.41) is 6.70. The molecule has 2 heterocycles. The molecule has 3 rings (SSSR count). The molecule has 1 fully saturated rings. The summed E-state index contributed by atoms with van der Waals surface area (Å²) in [6.45, 7) is 8.12. The summed E-state index contributed by atoms with van der Waals surface area (Å²) in [7, 11) is 1.77. The topological polar surface area (TPSA) is 71.7 Å². The number of guanidine groups is 1. The van der Waals surface area contributed by atoms with E-state index in [9.17, 15) is 0 Å². The van der Waals surface area contributed by atoms with E-state index >= 15 is 0 Å². The Labute approximate surface area is 184 Å². The first-order valence-electron chi connectivity index (χ1n) is 9.62. The second-order valence-electron chi connectivity index (χ2n) is 7.16. The van der Waals surface area contributed by atoms with Gasteiger partial charge >= 0.3 is 0 Å². The van der Waals surface area contributed by atoms with Crippen LogP contribution in [0.3, 0.4) is 0 Å². The van der Waals surface area contributed by atoms with Crippen molar-refractivity contribution in [2.24, 2.45) is 10.9 Å². The summed E-state index contributed by atoms with van der Waals surface area (Å²) in [5.74, 6) is 2.68. The molecule has 1 aliphatic heterocycles. The second-order valence-corrected chi connectivity index (χ2v) is 7.16. The zero-order chi connectivity index (χ0) is 19.2. The van der Waals surface area contributed by atoms with Crippen LogP contribution >= 0.6 is 24.0 Å². The van der Waals surface area contributed by atoms with E-state index in [1.165, 1.54) is 11.1 Å². The Kier molecular flexibility index (Phi) is 8.75. The van der Waals surface area contributed by atoms with Gasteiger partial charge in [-0.25, -0.2) is 4.98 Å². The lowest BCUT2D eigenvalue weighted by atomic mass is 9.89. The molecule has 2 atom stereocenters. The van der Waals surface area contributed by atoms with Crippen molar-refractivity contribution in [3.63, 3.8) is 0 Å². The van der Waals surface area contributed by atoms with Crippen molar-refractivity contribution in [1.29, 1.82) is 0 Å². The molecule has 0 radical (unpaired) electrons. The van der Waals surface area contributed by atoms with Crippen LogP contribution in [0.2, 0.25) is 0 Å². The molecule has 1 aliphatic rings. The van der Waals surface area contributed by atoms with Crippen LogP contribution in [0, 0.1) is 26.7 Å². The molecule has 154 valence electrons. The lowest BCUT2D eigenvalue weighted by Crippen LogP contribution is -2.41. The fourth-order valence-electron chi connectivity index (χ4n) is 3.40. The van der Waals surface area contributed by atoms with Crippen molar-refractivity contribution in [3.8, 4) is 0 Å². The molecular formula is C21H31IN4O2. The van der Waals surface area contributed by atoms with Crippen LogP contribution in [0.5, 0.6) is 0 Å². The summed E-state index contributed by atoms with van der Waals surface area (Å²) in [6.07, 6.45) is 2.36. The number of aliphatic imine (C=N–C) groups is 1. The van der Waals surface area contributed by atoms with Crippen molar-refractivity contribution in [2.75, 3.05) is 20.2 Å². The number of aryl methyl sites for hydroxylation is 3. The van der Waals surface area contributed by atoms with Gasteiger partial charge in [0.1, 0.15) is 5.76 Å². The molecule has 0 spiro atoms. The normalized spacial score (nSPS) is 19.8. The van der Waals surface area contributed by atoms with Crippen LogP contribution in [-0.2, 0) is 11.3 Å². The smallest absolute Gasteiger partial charge is 0.214 e. The third-order valence-corrected chi connectivity index (χ3v) is 5.09. The zero-order valence-electron chi connectivity index (χ0n) is 17.1. The Bertz CT molecular complexity index is 754. The predicted octanol–water partition coefficient (Wildman–Crippen LogP) is 4.05. The van der Waals surface area contributed by atoms with Crippen molar-refractivity contribution in [1.82, 2.24) is 15.6 Å². The van der Waals surface area contributed by atoms with Gasteiger partial charge in [-0.2, -0.15) is 0 Å². The van der Waals surface area contributed by atoms with Crippen molar-refractivity contribution in [3.05, 3.63) is 52.7 Å². The summed E-state index contributed by atoms with van der Waals surface area (Å²) in [6, 6.07) is 8.66. The molecule has 1 aromatic heterocycles. The highest BCUT2D eigenvalue weighted by Gasteiger charge is 2.27. The minimum Gasteiger partial charge on any atom is -0.444 e. The van der Waals surface area contributed by atoms with Gasteiger partial charge in [0.05, 0.1) is 18.3 Å². The summed E-state index contributed by atoms with van der Waals surface area (Å²) in [5.41, 5.74) is 3.45. The molecule has 2 unspecified atom stereocenters. The minimum atomic E-state index is 0. The Morgan fingerprint density at radius 1 is 1.18 bits per heavy atom. The van der Waals surface area contributed by atoms with Gasteiger partial charge in [-0.3, -0.25) is 4.99 Å². The Hall–Kier alpha value is -1.61. The molecule has 0 amide bonds. The maximum Gasteiger partial charge on any atom is 0.214 e. The van der Waals surface area contributed by atoms with Crippen LogP contribution in [0.25, 0.3) is 0 Å². The van der Waals surface area contributed by atoms with Gasteiger partial charge in [0.2, 0.25) is 5.89 Å². The number of halogens is 1. The molecule has 28 heavy (non-hydrogen) atoms. The number of aromatic nitrogens is 1. The number of hydrogen-bond donors (Lipinski definition) is 2. The van der Waals surface area contributed by atoms with E-state index < -0.39 is 0 Å². The lowest BCUT2D eigenvalue weighted by molar-refractivity contribution is -0.0265. The first kappa shape index (κ1) is 22.7. The predicted molar refractivity (Wildman–Crippen MR) is 122 cm³/mol. The SMILES string of the molecule is CN=C(NCc1nc(C)c(C)o1)NCC1CCCOC1c1ccc(C)cc1.I. The van der Waals surface area contributed by atoms with Crippen LogP contribution in [-0.4, -0.2) is 31.1 Å². The highest BCUT2D eigenvalue weighted by molar-refractivity contribution is 14.0. The molecule has 7 heteroatoms. The van der Waals surface area contributed by atoms with E-state index in [4.69, 9.17) is 9.15 Å². The highest BCUT2D eigenvalue weighted by atomic mass is 127. The monoisotopic (exact) mass is 498 g/mol. The molecule has 6 nitrogen and oxygen atoms in total. The average Bonchev–Trinajstić information content (AvgIpc) is 3.00. The number of ether oxygens (including phenoxy) is 1. The lowest BCUT2D eigenvalue weighted by Gasteiger charge is -2.32. The Morgan fingerprint density at radius 3 is 2.57 bits per heavy atom. The molecule has 1 aromatic carbocycles. The second kappa shape index (κ2) is 10.8. The summed E-state index contributed by atoms with van der Waals surface area (Å²) < 4.78 is 11.7. The zero-order valence-corrected chi connectivity index (χ0v) is 19.4. The van der Waals surface area contributed by atoms with Crippen LogP contribution in [0.15, 0.2) is 33.7 Å². The molecule has 2 aromatic rings. The largest absolute Gasteiger partial charge is 0.444 e. The van der Waals surface area contributed by atoms with Gasteiger partial charge < -0.3 is 19.8 Å². The summed E-state index contributed by atoms with van der Waals surface area (Å²) >= 11 is 0. The molecule has 0 aliphatic carbocycles. The Morgan fingerprint density at radius 2 is 1.93 bits per heavy atom. The van der Waals surface area contributed by atoms with Gasteiger partial charge in [0.15, 0.2) is 5.96 Å². The van der Waals surface area contributed by atoms with Gasteiger partial charge in [-0.1, -0.05) is 29.8 Å². The first-order valence-corrected chi connectivity index (χ1v) is 9.62. The van der Waals surface area contributed by atoms with E-state index in [-0.39, 0.29) is 30.1 Å². The van der Waals surface area contributed by atoms with E-state index in [1.807, 2.05) is 13.8 Å².